The Bertz CT molecular complexity index is 319. The number of aliphatic hydroxyl groups excluding tert-OH is 1. The van der Waals surface area contributed by atoms with Crippen molar-refractivity contribution >= 4 is 0 Å². The number of phenols is 1. The Hall–Kier alpha value is -1.23. The van der Waals surface area contributed by atoms with Gasteiger partial charge in [-0.15, -0.1) is 0 Å². The van der Waals surface area contributed by atoms with Gasteiger partial charge in [0, 0.05) is 6.61 Å². The fourth-order valence-electron chi connectivity index (χ4n) is 1.52. The van der Waals surface area contributed by atoms with Gasteiger partial charge >= 0.3 is 6.18 Å². The highest BCUT2D eigenvalue weighted by Gasteiger charge is 2.39. The van der Waals surface area contributed by atoms with Gasteiger partial charge < -0.3 is 10.2 Å². The second-order valence-electron chi connectivity index (χ2n) is 3.55. The van der Waals surface area contributed by atoms with Crippen LogP contribution < -0.4 is 0 Å². The van der Waals surface area contributed by atoms with E-state index in [9.17, 15) is 13.2 Å². The lowest BCUT2D eigenvalue weighted by Gasteiger charge is -2.20. The number of alkyl halides is 3. The molecule has 0 saturated heterocycles. The molecule has 90 valence electrons. The van der Waals surface area contributed by atoms with Gasteiger partial charge in [0.1, 0.15) is 5.75 Å². The molecule has 16 heavy (non-hydrogen) atoms. The second-order valence-corrected chi connectivity index (χ2v) is 3.55. The molecule has 2 N–H and O–H groups in total. The summed E-state index contributed by atoms with van der Waals surface area (Å²) >= 11 is 0. The molecule has 1 aromatic rings. The lowest BCUT2D eigenvalue weighted by Crippen LogP contribution is -2.21. The molecule has 0 saturated carbocycles. The first-order valence-corrected chi connectivity index (χ1v) is 4.91. The average molecular weight is 234 g/mol. The summed E-state index contributed by atoms with van der Waals surface area (Å²) in [4.78, 5) is 0. The van der Waals surface area contributed by atoms with Crippen LogP contribution in [-0.4, -0.2) is 23.0 Å². The second kappa shape index (κ2) is 5.21. The molecule has 0 spiro atoms. The Morgan fingerprint density at radius 2 is 1.69 bits per heavy atom. The maximum Gasteiger partial charge on any atom is 0.395 e. The smallest absolute Gasteiger partial charge is 0.395 e. The molecule has 1 atom stereocenters. The van der Waals surface area contributed by atoms with E-state index in [4.69, 9.17) is 10.2 Å². The Morgan fingerprint density at radius 1 is 1.12 bits per heavy atom. The van der Waals surface area contributed by atoms with Crippen LogP contribution in [-0.2, 0) is 0 Å². The van der Waals surface area contributed by atoms with Crippen LogP contribution in [0.15, 0.2) is 24.3 Å². The number of hydrogen-bond donors (Lipinski definition) is 2. The number of hydrogen-bond acceptors (Lipinski definition) is 2. The summed E-state index contributed by atoms with van der Waals surface area (Å²) in [5, 5.41) is 17.6. The molecule has 0 radical (unpaired) electrons. The van der Waals surface area contributed by atoms with Crippen LogP contribution in [0.4, 0.5) is 13.2 Å². The van der Waals surface area contributed by atoms with E-state index in [1.807, 2.05) is 0 Å². The first-order chi connectivity index (χ1) is 7.45. The van der Waals surface area contributed by atoms with E-state index >= 15 is 0 Å². The number of halogens is 3. The molecule has 0 fully saturated rings. The quantitative estimate of drug-likeness (QED) is 0.841. The minimum atomic E-state index is -4.33. The standard InChI is InChI=1S/C11H13F3O2/c12-11(13,14)10(2-1-7-15)8-3-5-9(16)6-4-8/h3-6,10,15-16H,1-2,7H2. The Labute approximate surface area is 91.3 Å². The van der Waals surface area contributed by atoms with Gasteiger partial charge in [0.25, 0.3) is 0 Å². The van der Waals surface area contributed by atoms with E-state index in [0.717, 1.165) is 0 Å². The fourth-order valence-corrected chi connectivity index (χ4v) is 1.52. The van der Waals surface area contributed by atoms with Crippen molar-refractivity contribution in [2.45, 2.75) is 24.9 Å². The molecule has 1 aromatic carbocycles. The zero-order valence-corrected chi connectivity index (χ0v) is 8.54. The Kier molecular flexibility index (Phi) is 4.18. The average Bonchev–Trinajstić information content (AvgIpc) is 2.19. The van der Waals surface area contributed by atoms with E-state index in [1.54, 1.807) is 0 Å². The van der Waals surface area contributed by atoms with E-state index in [0.29, 0.717) is 0 Å². The lowest BCUT2D eigenvalue weighted by molar-refractivity contribution is -0.152. The Balaban J connectivity index is 2.88. The van der Waals surface area contributed by atoms with Gasteiger partial charge in [-0.25, -0.2) is 0 Å². The molecule has 0 aliphatic rings. The van der Waals surface area contributed by atoms with Crippen molar-refractivity contribution in [1.29, 1.82) is 0 Å². The Morgan fingerprint density at radius 3 is 2.12 bits per heavy atom. The van der Waals surface area contributed by atoms with Crippen LogP contribution in [0.5, 0.6) is 5.75 Å². The highest BCUT2D eigenvalue weighted by atomic mass is 19.4. The van der Waals surface area contributed by atoms with Crippen molar-refractivity contribution in [2.75, 3.05) is 6.61 Å². The van der Waals surface area contributed by atoms with Gasteiger partial charge in [0.05, 0.1) is 5.92 Å². The zero-order valence-electron chi connectivity index (χ0n) is 8.54. The highest BCUT2D eigenvalue weighted by Crippen LogP contribution is 2.38. The monoisotopic (exact) mass is 234 g/mol. The van der Waals surface area contributed by atoms with Crippen LogP contribution in [0.2, 0.25) is 0 Å². The van der Waals surface area contributed by atoms with Gasteiger partial charge in [0.15, 0.2) is 0 Å². The van der Waals surface area contributed by atoms with Crippen molar-refractivity contribution in [3.63, 3.8) is 0 Å². The van der Waals surface area contributed by atoms with Crippen molar-refractivity contribution < 1.29 is 23.4 Å². The fraction of sp³-hybridized carbons (Fsp3) is 0.455. The largest absolute Gasteiger partial charge is 0.508 e. The van der Waals surface area contributed by atoms with Crippen LogP contribution >= 0.6 is 0 Å². The third-order valence-electron chi connectivity index (χ3n) is 2.34. The number of aliphatic hydroxyl groups is 1. The van der Waals surface area contributed by atoms with E-state index in [2.05, 4.69) is 0 Å². The van der Waals surface area contributed by atoms with Gasteiger partial charge in [-0.05, 0) is 30.5 Å². The SMILES string of the molecule is OCCCC(c1ccc(O)cc1)C(F)(F)F. The lowest BCUT2D eigenvalue weighted by atomic mass is 9.94. The molecule has 0 bridgehead atoms. The maximum absolute atomic E-state index is 12.7. The predicted octanol–water partition coefficient (Wildman–Crippen LogP) is 2.81. The van der Waals surface area contributed by atoms with Crippen molar-refractivity contribution in [3.05, 3.63) is 29.8 Å². The first-order valence-electron chi connectivity index (χ1n) is 4.91. The zero-order chi connectivity index (χ0) is 12.2. The van der Waals surface area contributed by atoms with E-state index < -0.39 is 12.1 Å². The maximum atomic E-state index is 12.7. The van der Waals surface area contributed by atoms with Crippen molar-refractivity contribution in [1.82, 2.24) is 0 Å². The topological polar surface area (TPSA) is 40.5 Å². The van der Waals surface area contributed by atoms with Crippen LogP contribution in [0.1, 0.15) is 24.3 Å². The van der Waals surface area contributed by atoms with Gasteiger partial charge in [-0.1, -0.05) is 12.1 Å². The van der Waals surface area contributed by atoms with E-state index in [-0.39, 0.29) is 30.8 Å². The number of rotatable bonds is 4. The molecule has 1 rings (SSSR count). The summed E-state index contributed by atoms with van der Waals surface area (Å²) in [5.74, 6) is -1.65. The minimum absolute atomic E-state index is 0.0631. The third kappa shape index (κ3) is 3.41. The van der Waals surface area contributed by atoms with Gasteiger partial charge in [-0.3, -0.25) is 0 Å². The summed E-state index contributed by atoms with van der Waals surface area (Å²) in [5.41, 5.74) is 0.110. The number of benzene rings is 1. The molecule has 0 aliphatic carbocycles. The predicted molar refractivity (Wildman–Crippen MR) is 53.2 cm³/mol. The molecule has 0 amide bonds. The highest BCUT2D eigenvalue weighted by molar-refractivity contribution is 5.29. The minimum Gasteiger partial charge on any atom is -0.508 e. The molecule has 1 unspecified atom stereocenters. The van der Waals surface area contributed by atoms with Crippen LogP contribution in [0, 0.1) is 0 Å². The summed E-state index contributed by atoms with van der Waals surface area (Å²) in [7, 11) is 0. The summed E-state index contributed by atoms with van der Waals surface area (Å²) in [6.45, 7) is -0.259. The molecule has 0 aliphatic heterocycles. The number of phenolic OH excluding ortho intramolecular Hbond substituents is 1. The third-order valence-corrected chi connectivity index (χ3v) is 2.34. The summed E-state index contributed by atoms with van der Waals surface area (Å²) in [6.07, 6.45) is -4.37. The van der Waals surface area contributed by atoms with Gasteiger partial charge in [0.2, 0.25) is 0 Å². The van der Waals surface area contributed by atoms with Crippen LogP contribution in [0.25, 0.3) is 0 Å². The van der Waals surface area contributed by atoms with Crippen molar-refractivity contribution in [3.8, 4) is 5.75 Å². The molecule has 5 heteroatoms. The normalized spacial score (nSPS) is 13.8. The van der Waals surface area contributed by atoms with Crippen molar-refractivity contribution in [2.24, 2.45) is 0 Å². The molecule has 0 aromatic heterocycles. The summed E-state index contributed by atoms with van der Waals surface area (Å²) in [6, 6.07) is 4.97. The summed E-state index contributed by atoms with van der Waals surface area (Å²) < 4.78 is 38.1. The van der Waals surface area contributed by atoms with E-state index in [1.165, 1.54) is 24.3 Å². The molecular weight excluding hydrogens is 221 g/mol. The van der Waals surface area contributed by atoms with Gasteiger partial charge in [-0.2, -0.15) is 13.2 Å². The molecule has 0 heterocycles. The first kappa shape index (κ1) is 12.8. The van der Waals surface area contributed by atoms with Crippen LogP contribution in [0.3, 0.4) is 0 Å². The molecule has 2 nitrogen and oxygen atoms in total. The molecular formula is C11H13F3O2. The number of aromatic hydroxyl groups is 1.